The first kappa shape index (κ1) is 12.4. The van der Waals surface area contributed by atoms with Crippen molar-refractivity contribution < 1.29 is 9.84 Å². The summed E-state index contributed by atoms with van der Waals surface area (Å²) in [5, 5.41) is 13.1. The van der Waals surface area contributed by atoms with Crippen molar-refractivity contribution >= 4 is 0 Å². The van der Waals surface area contributed by atoms with Gasteiger partial charge in [-0.3, -0.25) is 0 Å². The second-order valence-electron chi connectivity index (χ2n) is 4.57. The van der Waals surface area contributed by atoms with Crippen molar-refractivity contribution in [1.29, 1.82) is 0 Å². The molecule has 2 unspecified atom stereocenters. The molecule has 2 rings (SSSR count). The number of ether oxygens (including phenoxy) is 1. The highest BCUT2D eigenvalue weighted by Crippen LogP contribution is 2.35. The highest BCUT2D eigenvalue weighted by atomic mass is 16.5. The lowest BCUT2D eigenvalue weighted by Crippen LogP contribution is -2.29. The van der Waals surface area contributed by atoms with Crippen LogP contribution in [-0.2, 0) is 0 Å². The van der Waals surface area contributed by atoms with Crippen molar-refractivity contribution in [3.63, 3.8) is 0 Å². The molecule has 3 heteroatoms. The number of rotatable bonds is 5. The molecular weight excluding hydrogens is 214 g/mol. The second-order valence-corrected chi connectivity index (χ2v) is 4.57. The fourth-order valence-corrected chi connectivity index (χ4v) is 2.38. The van der Waals surface area contributed by atoms with Crippen LogP contribution in [-0.4, -0.2) is 30.9 Å². The average molecular weight is 235 g/mol. The summed E-state index contributed by atoms with van der Waals surface area (Å²) in [6.07, 6.45) is 1.54. The van der Waals surface area contributed by atoms with E-state index in [1.807, 2.05) is 18.2 Å². The maximum absolute atomic E-state index is 9.95. The van der Waals surface area contributed by atoms with Crippen LogP contribution in [0.1, 0.15) is 31.2 Å². The third-order valence-corrected chi connectivity index (χ3v) is 3.27. The molecule has 1 heterocycles. The predicted molar refractivity (Wildman–Crippen MR) is 68.5 cm³/mol. The molecule has 94 valence electrons. The number of benzene rings is 1. The zero-order valence-electron chi connectivity index (χ0n) is 10.4. The highest BCUT2D eigenvalue weighted by Gasteiger charge is 2.23. The van der Waals surface area contributed by atoms with Crippen LogP contribution in [0.4, 0.5) is 0 Å². The van der Waals surface area contributed by atoms with Crippen LogP contribution in [0.3, 0.4) is 0 Å². The Labute approximate surface area is 103 Å². The van der Waals surface area contributed by atoms with Crippen molar-refractivity contribution in [3.05, 3.63) is 29.8 Å². The van der Waals surface area contributed by atoms with Gasteiger partial charge in [0.05, 0.1) is 12.7 Å². The van der Waals surface area contributed by atoms with Gasteiger partial charge in [-0.15, -0.1) is 0 Å². The zero-order chi connectivity index (χ0) is 12.1. The topological polar surface area (TPSA) is 41.5 Å². The van der Waals surface area contributed by atoms with Crippen LogP contribution < -0.4 is 10.1 Å². The van der Waals surface area contributed by atoms with E-state index in [2.05, 4.69) is 18.3 Å². The van der Waals surface area contributed by atoms with Gasteiger partial charge < -0.3 is 15.2 Å². The Balaban J connectivity index is 1.98. The van der Waals surface area contributed by atoms with Gasteiger partial charge >= 0.3 is 0 Å². The number of aliphatic hydroxyl groups is 1. The number of hydrogen-bond donors (Lipinski definition) is 2. The van der Waals surface area contributed by atoms with E-state index in [4.69, 9.17) is 4.74 Å². The van der Waals surface area contributed by atoms with Crippen molar-refractivity contribution in [2.24, 2.45) is 0 Å². The fraction of sp³-hybridized carbons (Fsp3) is 0.571. The van der Waals surface area contributed by atoms with Crippen molar-refractivity contribution in [1.82, 2.24) is 5.32 Å². The van der Waals surface area contributed by atoms with Crippen molar-refractivity contribution in [2.45, 2.75) is 31.8 Å². The molecule has 0 radical (unpaired) electrons. The molecule has 0 bridgehead atoms. The SMILES string of the molecule is CCNCC(O)CC1CCOc2ccccc21. The van der Waals surface area contributed by atoms with Crippen LogP contribution in [0.25, 0.3) is 0 Å². The standard InChI is InChI=1S/C14H21NO2/c1-2-15-10-12(16)9-11-7-8-17-14-6-4-3-5-13(11)14/h3-6,11-12,15-16H,2,7-10H2,1H3. The van der Waals surface area contributed by atoms with Crippen LogP contribution in [0.15, 0.2) is 24.3 Å². The first-order chi connectivity index (χ1) is 8.31. The molecule has 0 saturated carbocycles. The first-order valence-electron chi connectivity index (χ1n) is 6.41. The number of likely N-dealkylation sites (N-methyl/N-ethyl adjacent to an activating group) is 1. The van der Waals surface area contributed by atoms with Gasteiger partial charge in [-0.25, -0.2) is 0 Å². The lowest BCUT2D eigenvalue weighted by Gasteiger charge is -2.27. The molecule has 0 saturated heterocycles. The largest absolute Gasteiger partial charge is 0.493 e. The van der Waals surface area contributed by atoms with Crippen LogP contribution in [0, 0.1) is 0 Å². The summed E-state index contributed by atoms with van der Waals surface area (Å²) in [5.74, 6) is 1.41. The molecule has 0 amide bonds. The number of para-hydroxylation sites is 1. The quantitative estimate of drug-likeness (QED) is 0.819. The zero-order valence-corrected chi connectivity index (χ0v) is 10.4. The molecule has 0 aliphatic carbocycles. The Morgan fingerprint density at radius 2 is 2.29 bits per heavy atom. The fourth-order valence-electron chi connectivity index (χ4n) is 2.38. The third-order valence-electron chi connectivity index (χ3n) is 3.27. The Bertz CT molecular complexity index is 354. The van der Waals surface area contributed by atoms with Gasteiger partial charge in [-0.2, -0.15) is 0 Å². The maximum atomic E-state index is 9.95. The molecule has 1 aromatic rings. The molecule has 0 fully saturated rings. The summed E-state index contributed by atoms with van der Waals surface area (Å²) in [6.45, 7) is 4.39. The molecule has 0 aromatic heterocycles. The predicted octanol–water partition coefficient (Wildman–Crippen LogP) is 1.91. The second kappa shape index (κ2) is 6.03. The Morgan fingerprint density at radius 3 is 3.12 bits per heavy atom. The Kier molecular flexibility index (Phi) is 4.40. The normalized spacial score (nSPS) is 20.5. The minimum absolute atomic E-state index is 0.272. The van der Waals surface area contributed by atoms with Gasteiger partial charge in [-0.05, 0) is 36.9 Å². The summed E-state index contributed by atoms with van der Waals surface area (Å²) in [7, 11) is 0. The number of fused-ring (bicyclic) bond motifs is 1. The third kappa shape index (κ3) is 3.20. The van der Waals surface area contributed by atoms with Gasteiger partial charge in [0.15, 0.2) is 0 Å². The van der Waals surface area contributed by atoms with E-state index in [-0.39, 0.29) is 6.10 Å². The Hall–Kier alpha value is -1.06. The van der Waals surface area contributed by atoms with Gasteiger partial charge in [0.25, 0.3) is 0 Å². The molecule has 1 aliphatic heterocycles. The molecule has 2 N–H and O–H groups in total. The molecule has 2 atom stereocenters. The van der Waals surface area contributed by atoms with Gasteiger partial charge in [0.1, 0.15) is 5.75 Å². The van der Waals surface area contributed by atoms with E-state index in [1.165, 1.54) is 5.56 Å². The van der Waals surface area contributed by atoms with Crippen molar-refractivity contribution in [2.75, 3.05) is 19.7 Å². The summed E-state index contributed by atoms with van der Waals surface area (Å²) < 4.78 is 5.62. The van der Waals surface area contributed by atoms with Crippen LogP contribution in [0.2, 0.25) is 0 Å². The summed E-state index contributed by atoms with van der Waals surface area (Å²) in [5.41, 5.74) is 1.24. The summed E-state index contributed by atoms with van der Waals surface area (Å²) >= 11 is 0. The van der Waals surface area contributed by atoms with E-state index >= 15 is 0 Å². The number of nitrogens with one attached hydrogen (secondary N) is 1. The number of aliphatic hydroxyl groups excluding tert-OH is 1. The van der Waals surface area contributed by atoms with E-state index in [0.717, 1.165) is 31.7 Å². The molecule has 17 heavy (non-hydrogen) atoms. The molecule has 1 aliphatic rings. The van der Waals surface area contributed by atoms with Gasteiger partial charge in [0.2, 0.25) is 0 Å². The summed E-state index contributed by atoms with van der Waals surface area (Å²) in [4.78, 5) is 0. The molecular formula is C14H21NO2. The average Bonchev–Trinajstić information content (AvgIpc) is 2.37. The first-order valence-corrected chi connectivity index (χ1v) is 6.41. The summed E-state index contributed by atoms with van der Waals surface area (Å²) in [6, 6.07) is 8.16. The number of hydrogen-bond acceptors (Lipinski definition) is 3. The lowest BCUT2D eigenvalue weighted by atomic mass is 9.88. The van der Waals surface area contributed by atoms with E-state index in [9.17, 15) is 5.11 Å². The van der Waals surface area contributed by atoms with Gasteiger partial charge in [0, 0.05) is 6.54 Å². The van der Waals surface area contributed by atoms with Crippen molar-refractivity contribution in [3.8, 4) is 5.75 Å². The Morgan fingerprint density at radius 1 is 1.47 bits per heavy atom. The van der Waals surface area contributed by atoms with Crippen LogP contribution in [0.5, 0.6) is 5.75 Å². The monoisotopic (exact) mass is 235 g/mol. The smallest absolute Gasteiger partial charge is 0.122 e. The van der Waals surface area contributed by atoms with E-state index in [0.29, 0.717) is 12.5 Å². The maximum Gasteiger partial charge on any atom is 0.122 e. The minimum atomic E-state index is -0.272. The highest BCUT2D eigenvalue weighted by molar-refractivity contribution is 5.37. The van der Waals surface area contributed by atoms with Crippen LogP contribution >= 0.6 is 0 Å². The van der Waals surface area contributed by atoms with E-state index in [1.54, 1.807) is 0 Å². The molecule has 1 aromatic carbocycles. The molecule has 0 spiro atoms. The lowest BCUT2D eigenvalue weighted by molar-refractivity contribution is 0.142. The van der Waals surface area contributed by atoms with Gasteiger partial charge in [-0.1, -0.05) is 25.1 Å². The molecule has 3 nitrogen and oxygen atoms in total. The van der Waals surface area contributed by atoms with E-state index < -0.39 is 0 Å². The minimum Gasteiger partial charge on any atom is -0.493 e.